The van der Waals surface area contributed by atoms with E-state index >= 15 is 0 Å². The van der Waals surface area contributed by atoms with Gasteiger partial charge >= 0.3 is 0 Å². The smallest absolute Gasteiger partial charge is 0.263 e. The van der Waals surface area contributed by atoms with Crippen LogP contribution < -0.4 is 10.6 Å². The summed E-state index contributed by atoms with van der Waals surface area (Å²) in [5.74, 6) is -0.0717. The maximum Gasteiger partial charge on any atom is 0.263 e. The molecule has 0 aliphatic carbocycles. The van der Waals surface area contributed by atoms with E-state index in [9.17, 15) is 4.79 Å². The van der Waals surface area contributed by atoms with Gasteiger partial charge in [-0.2, -0.15) is 11.3 Å². The van der Waals surface area contributed by atoms with Gasteiger partial charge in [-0.1, -0.05) is 0 Å². The average Bonchev–Trinajstić information content (AvgIpc) is 3.12. The molecule has 1 amide bonds. The van der Waals surface area contributed by atoms with Gasteiger partial charge in [0.25, 0.3) is 5.91 Å². The van der Waals surface area contributed by atoms with E-state index in [-0.39, 0.29) is 5.91 Å². The third-order valence-electron chi connectivity index (χ3n) is 2.57. The Morgan fingerprint density at radius 2 is 2.30 bits per heavy atom. The summed E-state index contributed by atoms with van der Waals surface area (Å²) in [6, 6.07) is 2.00. The molecule has 0 aliphatic rings. The average molecular weight is 311 g/mol. The predicted octanol–water partition coefficient (Wildman–Crippen LogP) is 1.84. The first-order valence-electron chi connectivity index (χ1n) is 6.27. The van der Waals surface area contributed by atoms with Crippen LogP contribution in [0.5, 0.6) is 0 Å². The molecule has 2 N–H and O–H groups in total. The first kappa shape index (κ1) is 15.1. The molecule has 2 aromatic rings. The number of thiophene rings is 1. The van der Waals surface area contributed by atoms with E-state index in [0.717, 1.165) is 23.7 Å². The number of methoxy groups -OCH3 is 1. The van der Waals surface area contributed by atoms with E-state index in [0.29, 0.717) is 18.0 Å². The van der Waals surface area contributed by atoms with Crippen molar-refractivity contribution in [1.82, 2.24) is 15.6 Å². The molecule has 0 saturated carbocycles. The normalized spacial score (nSPS) is 10.7. The van der Waals surface area contributed by atoms with Crippen LogP contribution in [0.1, 0.15) is 9.67 Å². The molecule has 0 fully saturated rings. The van der Waals surface area contributed by atoms with Crippen molar-refractivity contribution in [3.63, 3.8) is 0 Å². The van der Waals surface area contributed by atoms with Gasteiger partial charge < -0.3 is 15.4 Å². The quantitative estimate of drug-likeness (QED) is 0.730. The second kappa shape index (κ2) is 8.11. The molecule has 7 heteroatoms. The van der Waals surface area contributed by atoms with Gasteiger partial charge in [-0.15, -0.1) is 11.3 Å². The lowest BCUT2D eigenvalue weighted by Crippen LogP contribution is -2.32. The summed E-state index contributed by atoms with van der Waals surface area (Å²) in [5, 5.41) is 10.9. The third-order valence-corrected chi connectivity index (χ3v) is 4.30. The monoisotopic (exact) mass is 311 g/mol. The lowest BCUT2D eigenvalue weighted by Gasteiger charge is -2.04. The number of hydrogen-bond donors (Lipinski definition) is 2. The molecule has 2 rings (SSSR count). The van der Waals surface area contributed by atoms with E-state index in [2.05, 4.69) is 15.6 Å². The summed E-state index contributed by atoms with van der Waals surface area (Å²) < 4.78 is 4.92. The molecule has 0 spiro atoms. The molecular weight excluding hydrogens is 294 g/mol. The first-order valence-corrected chi connectivity index (χ1v) is 8.03. The van der Waals surface area contributed by atoms with Gasteiger partial charge in [0.2, 0.25) is 0 Å². The van der Waals surface area contributed by atoms with Gasteiger partial charge in [-0.3, -0.25) is 4.79 Å². The van der Waals surface area contributed by atoms with Crippen LogP contribution in [0.2, 0.25) is 0 Å². The van der Waals surface area contributed by atoms with Gasteiger partial charge in [-0.05, 0) is 11.4 Å². The minimum absolute atomic E-state index is 0.0717. The number of rotatable bonds is 8. The summed E-state index contributed by atoms with van der Waals surface area (Å²) in [5.41, 5.74) is 1.07. The number of aromatic nitrogens is 1. The highest BCUT2D eigenvalue weighted by molar-refractivity contribution is 7.17. The van der Waals surface area contributed by atoms with Crippen molar-refractivity contribution >= 4 is 28.6 Å². The Hall–Kier alpha value is -1.28. The highest BCUT2D eigenvalue weighted by atomic mass is 32.1. The van der Waals surface area contributed by atoms with Crippen LogP contribution in [0.4, 0.5) is 0 Å². The maximum absolute atomic E-state index is 11.9. The van der Waals surface area contributed by atoms with Gasteiger partial charge in [0.1, 0.15) is 9.88 Å². The fraction of sp³-hybridized carbons (Fsp3) is 0.385. The summed E-state index contributed by atoms with van der Waals surface area (Å²) in [7, 11) is 1.66. The van der Waals surface area contributed by atoms with Gasteiger partial charge in [-0.25, -0.2) is 4.98 Å². The van der Waals surface area contributed by atoms with Crippen molar-refractivity contribution in [2.24, 2.45) is 0 Å². The van der Waals surface area contributed by atoms with Crippen LogP contribution in [0.25, 0.3) is 10.6 Å². The van der Waals surface area contributed by atoms with E-state index in [1.54, 1.807) is 24.6 Å². The van der Waals surface area contributed by atoms with Crippen LogP contribution in [-0.2, 0) is 4.74 Å². The van der Waals surface area contributed by atoms with Gasteiger partial charge in [0, 0.05) is 37.7 Å². The minimum atomic E-state index is -0.0717. The highest BCUT2D eigenvalue weighted by Gasteiger charge is 2.11. The van der Waals surface area contributed by atoms with Crippen LogP contribution in [0.3, 0.4) is 0 Å². The maximum atomic E-state index is 11.9. The molecule has 2 heterocycles. The Kier molecular flexibility index (Phi) is 6.13. The van der Waals surface area contributed by atoms with Crippen molar-refractivity contribution in [2.45, 2.75) is 0 Å². The molecule has 0 atom stereocenters. The van der Waals surface area contributed by atoms with E-state index in [1.807, 2.05) is 16.8 Å². The Morgan fingerprint density at radius 1 is 1.40 bits per heavy atom. The van der Waals surface area contributed by atoms with Crippen molar-refractivity contribution in [3.05, 3.63) is 27.9 Å². The van der Waals surface area contributed by atoms with Crippen molar-refractivity contribution in [1.29, 1.82) is 0 Å². The van der Waals surface area contributed by atoms with Crippen LogP contribution in [-0.4, -0.2) is 44.2 Å². The number of carbonyl (C=O) groups is 1. The number of amides is 1. The summed E-state index contributed by atoms with van der Waals surface area (Å²) >= 11 is 3.04. The molecule has 0 radical (unpaired) electrons. The fourth-order valence-corrected chi connectivity index (χ4v) is 3.09. The van der Waals surface area contributed by atoms with Crippen molar-refractivity contribution in [2.75, 3.05) is 33.4 Å². The van der Waals surface area contributed by atoms with Crippen LogP contribution in [0.15, 0.2) is 23.0 Å². The number of ether oxygens (including phenoxy) is 1. The van der Waals surface area contributed by atoms with E-state index < -0.39 is 0 Å². The molecule has 5 nitrogen and oxygen atoms in total. The van der Waals surface area contributed by atoms with Gasteiger partial charge in [0.05, 0.1) is 12.8 Å². The Bertz CT molecular complexity index is 525. The molecule has 0 bridgehead atoms. The molecular formula is C13H17N3O2S2. The zero-order chi connectivity index (χ0) is 14.2. The molecule has 20 heavy (non-hydrogen) atoms. The summed E-state index contributed by atoms with van der Waals surface area (Å²) in [6.07, 6.45) is 1.63. The standard InChI is InChI=1S/C13H17N3O2S2/c1-18-6-5-14-3-4-15-12(17)11-8-16-13(20-11)10-2-7-19-9-10/h2,7-9,14H,3-6H2,1H3,(H,15,17). The van der Waals surface area contributed by atoms with E-state index in [1.165, 1.54) is 11.3 Å². The number of nitrogens with zero attached hydrogens (tertiary/aromatic N) is 1. The number of carbonyl (C=O) groups excluding carboxylic acids is 1. The molecule has 0 aliphatic heterocycles. The van der Waals surface area contributed by atoms with Crippen molar-refractivity contribution in [3.8, 4) is 10.6 Å². The lowest BCUT2D eigenvalue weighted by atomic mass is 10.4. The highest BCUT2D eigenvalue weighted by Crippen LogP contribution is 2.26. The summed E-state index contributed by atoms with van der Waals surface area (Å²) in [6.45, 7) is 2.78. The molecule has 0 unspecified atom stereocenters. The lowest BCUT2D eigenvalue weighted by molar-refractivity contribution is 0.0957. The SMILES string of the molecule is COCCNCCNC(=O)c1cnc(-c2ccsc2)s1. The van der Waals surface area contributed by atoms with Crippen molar-refractivity contribution < 1.29 is 9.53 Å². The summed E-state index contributed by atoms with van der Waals surface area (Å²) in [4.78, 5) is 16.8. The number of nitrogens with one attached hydrogen (secondary N) is 2. The van der Waals surface area contributed by atoms with E-state index in [4.69, 9.17) is 4.74 Å². The topological polar surface area (TPSA) is 63.2 Å². The number of hydrogen-bond acceptors (Lipinski definition) is 6. The molecule has 0 aromatic carbocycles. The third kappa shape index (κ3) is 4.38. The van der Waals surface area contributed by atoms with Crippen LogP contribution >= 0.6 is 22.7 Å². The largest absolute Gasteiger partial charge is 0.383 e. The second-order valence-electron chi connectivity index (χ2n) is 4.04. The Morgan fingerprint density at radius 3 is 3.05 bits per heavy atom. The van der Waals surface area contributed by atoms with Gasteiger partial charge in [0.15, 0.2) is 0 Å². The fourth-order valence-electron chi connectivity index (χ4n) is 1.55. The minimum Gasteiger partial charge on any atom is -0.383 e. The Labute approximate surface area is 126 Å². The number of thiazole rings is 1. The molecule has 2 aromatic heterocycles. The molecule has 0 saturated heterocycles. The molecule has 108 valence electrons. The Balaban J connectivity index is 1.76. The predicted molar refractivity (Wildman–Crippen MR) is 82.5 cm³/mol. The zero-order valence-electron chi connectivity index (χ0n) is 11.2. The first-order chi connectivity index (χ1) is 9.81. The second-order valence-corrected chi connectivity index (χ2v) is 5.85. The zero-order valence-corrected chi connectivity index (χ0v) is 12.9. The van der Waals surface area contributed by atoms with Crippen LogP contribution in [0, 0.1) is 0 Å².